The van der Waals surface area contributed by atoms with Gasteiger partial charge in [-0.2, -0.15) is 0 Å². The molecule has 0 spiro atoms. The lowest BCUT2D eigenvalue weighted by molar-refractivity contribution is 0.0375. The summed E-state index contributed by atoms with van der Waals surface area (Å²) in [7, 11) is 0. The first kappa shape index (κ1) is 15.4. The zero-order chi connectivity index (χ0) is 13.8. The Morgan fingerprint density at radius 1 is 1.28 bits per heavy atom. The van der Waals surface area contributed by atoms with Crippen LogP contribution in [0, 0.1) is 10.5 Å². The molecule has 0 aliphatic heterocycles. The van der Waals surface area contributed by atoms with Crippen LogP contribution in [0.1, 0.15) is 15.9 Å². The Hall–Kier alpha value is -0.700. The molecule has 0 fully saturated rings. The number of amides is 1. The van der Waals surface area contributed by atoms with E-state index in [0.29, 0.717) is 5.56 Å². The largest absolute Gasteiger partial charge is 0.394 e. The van der Waals surface area contributed by atoms with Crippen LogP contribution in [-0.4, -0.2) is 46.6 Å². The second-order valence-corrected chi connectivity index (χ2v) is 5.22. The van der Waals surface area contributed by atoms with Gasteiger partial charge >= 0.3 is 0 Å². The van der Waals surface area contributed by atoms with Crippen molar-refractivity contribution in [3.8, 4) is 0 Å². The quantitative estimate of drug-likeness (QED) is 0.555. The maximum atomic E-state index is 12.1. The van der Waals surface area contributed by atoms with Crippen LogP contribution in [-0.2, 0) is 0 Å². The minimum Gasteiger partial charge on any atom is -0.394 e. The maximum absolute atomic E-state index is 12.1. The monoisotopic (exact) mass is 365 g/mol. The highest BCUT2D eigenvalue weighted by atomic mass is 127. The number of hydrogen-bond acceptors (Lipinski definition) is 4. The minimum absolute atomic E-state index is 0.430. The summed E-state index contributed by atoms with van der Waals surface area (Å²) in [6.07, 6.45) is 0. The van der Waals surface area contributed by atoms with Crippen molar-refractivity contribution in [2.45, 2.75) is 12.5 Å². The highest BCUT2D eigenvalue weighted by Gasteiger charge is 2.30. The van der Waals surface area contributed by atoms with Gasteiger partial charge in [-0.25, -0.2) is 0 Å². The lowest BCUT2D eigenvalue weighted by Crippen LogP contribution is -2.57. The predicted octanol–water partition coefficient (Wildman–Crippen LogP) is 0.0451. The van der Waals surface area contributed by atoms with E-state index in [1.807, 2.05) is 13.0 Å². The molecule has 6 heteroatoms. The molecule has 1 rings (SSSR count). The number of aliphatic hydroxyl groups is 3. The lowest BCUT2D eigenvalue weighted by atomic mass is 10.0. The molecule has 0 aromatic heterocycles. The van der Waals surface area contributed by atoms with Gasteiger partial charge in [0.05, 0.1) is 25.4 Å². The zero-order valence-corrected chi connectivity index (χ0v) is 12.1. The van der Waals surface area contributed by atoms with E-state index in [-0.39, 0.29) is 0 Å². The zero-order valence-electron chi connectivity index (χ0n) is 9.98. The van der Waals surface area contributed by atoms with Crippen LogP contribution in [0.5, 0.6) is 0 Å². The summed E-state index contributed by atoms with van der Waals surface area (Å²) in [4.78, 5) is 12.1. The molecule has 0 bridgehead atoms. The number of benzene rings is 1. The lowest BCUT2D eigenvalue weighted by Gasteiger charge is -2.28. The average Bonchev–Trinajstić information content (AvgIpc) is 2.39. The van der Waals surface area contributed by atoms with Crippen LogP contribution in [0.15, 0.2) is 18.2 Å². The summed E-state index contributed by atoms with van der Waals surface area (Å²) in [5.74, 6) is -0.430. The molecule has 4 N–H and O–H groups in total. The van der Waals surface area contributed by atoms with Crippen molar-refractivity contribution in [2.24, 2.45) is 0 Å². The smallest absolute Gasteiger partial charge is 0.253 e. The third-order valence-corrected chi connectivity index (χ3v) is 4.15. The van der Waals surface area contributed by atoms with E-state index in [9.17, 15) is 4.79 Å². The Labute approximate surface area is 119 Å². The highest BCUT2D eigenvalue weighted by Crippen LogP contribution is 2.17. The molecule has 0 saturated heterocycles. The average molecular weight is 365 g/mol. The Kier molecular flexibility index (Phi) is 5.51. The van der Waals surface area contributed by atoms with Gasteiger partial charge in [-0.1, -0.05) is 12.1 Å². The molecule has 18 heavy (non-hydrogen) atoms. The molecule has 0 saturated carbocycles. The molecule has 100 valence electrons. The van der Waals surface area contributed by atoms with Crippen LogP contribution in [0.2, 0.25) is 0 Å². The molecule has 1 aromatic rings. The van der Waals surface area contributed by atoms with Gasteiger partial charge in [0.25, 0.3) is 5.91 Å². The topological polar surface area (TPSA) is 89.8 Å². The van der Waals surface area contributed by atoms with Gasteiger partial charge < -0.3 is 20.6 Å². The molecular formula is C12H16INO4. The molecular weight excluding hydrogens is 349 g/mol. The third-order valence-electron chi connectivity index (χ3n) is 2.72. The number of rotatable bonds is 5. The summed E-state index contributed by atoms with van der Waals surface area (Å²) >= 11 is 2.06. The standard InChI is InChI=1S/C12H16INO4/c1-8-3-2-4-9(10(8)13)11(18)14-12(5-15,6-16)7-17/h2-4,15-17H,5-7H2,1H3,(H,14,18). The Balaban J connectivity index is 2.98. The number of halogens is 1. The Bertz CT molecular complexity index is 424. The van der Waals surface area contributed by atoms with Gasteiger partial charge in [-0.15, -0.1) is 0 Å². The van der Waals surface area contributed by atoms with Crippen molar-refractivity contribution in [1.29, 1.82) is 0 Å². The predicted molar refractivity (Wildman–Crippen MR) is 75.4 cm³/mol. The van der Waals surface area contributed by atoms with Crippen molar-refractivity contribution in [2.75, 3.05) is 19.8 Å². The summed E-state index contributed by atoms with van der Waals surface area (Å²) in [5, 5.41) is 29.9. The van der Waals surface area contributed by atoms with E-state index in [2.05, 4.69) is 27.9 Å². The van der Waals surface area contributed by atoms with E-state index < -0.39 is 31.3 Å². The minimum atomic E-state index is -1.40. The van der Waals surface area contributed by atoms with Crippen molar-refractivity contribution >= 4 is 28.5 Å². The normalized spacial score (nSPS) is 11.4. The second kappa shape index (κ2) is 6.46. The third kappa shape index (κ3) is 3.19. The van der Waals surface area contributed by atoms with Crippen LogP contribution in [0.3, 0.4) is 0 Å². The van der Waals surface area contributed by atoms with Crippen LogP contribution < -0.4 is 5.32 Å². The SMILES string of the molecule is Cc1cccc(C(=O)NC(CO)(CO)CO)c1I. The molecule has 0 heterocycles. The van der Waals surface area contributed by atoms with E-state index in [1.54, 1.807) is 12.1 Å². The molecule has 5 nitrogen and oxygen atoms in total. The van der Waals surface area contributed by atoms with Crippen LogP contribution >= 0.6 is 22.6 Å². The highest BCUT2D eigenvalue weighted by molar-refractivity contribution is 14.1. The van der Waals surface area contributed by atoms with Crippen molar-refractivity contribution in [3.63, 3.8) is 0 Å². The maximum Gasteiger partial charge on any atom is 0.253 e. The number of hydrogen-bond donors (Lipinski definition) is 4. The van der Waals surface area contributed by atoms with Crippen LogP contribution in [0.4, 0.5) is 0 Å². The summed E-state index contributed by atoms with van der Waals surface area (Å²) in [6.45, 7) is 0.284. The van der Waals surface area contributed by atoms with Crippen molar-refractivity contribution in [3.05, 3.63) is 32.9 Å². The van der Waals surface area contributed by atoms with E-state index >= 15 is 0 Å². The Morgan fingerprint density at radius 2 is 1.83 bits per heavy atom. The number of carbonyl (C=O) groups is 1. The van der Waals surface area contributed by atoms with Crippen molar-refractivity contribution < 1.29 is 20.1 Å². The first-order valence-corrected chi connectivity index (χ1v) is 6.48. The fourth-order valence-corrected chi connectivity index (χ4v) is 2.00. The van der Waals surface area contributed by atoms with Gasteiger partial charge in [0.2, 0.25) is 0 Å². The fraction of sp³-hybridized carbons (Fsp3) is 0.417. The van der Waals surface area contributed by atoms with Gasteiger partial charge in [-0.3, -0.25) is 4.79 Å². The molecule has 1 amide bonds. The summed E-state index contributed by atoms with van der Waals surface area (Å²) in [6, 6.07) is 5.29. The number of aliphatic hydroxyl groups excluding tert-OH is 3. The van der Waals surface area contributed by atoms with E-state index in [4.69, 9.17) is 15.3 Å². The number of carbonyl (C=O) groups excluding carboxylic acids is 1. The van der Waals surface area contributed by atoms with E-state index in [0.717, 1.165) is 9.13 Å². The van der Waals surface area contributed by atoms with Crippen LogP contribution in [0.25, 0.3) is 0 Å². The van der Waals surface area contributed by atoms with Gasteiger partial charge in [-0.05, 0) is 41.1 Å². The first-order chi connectivity index (χ1) is 8.49. The molecule has 0 unspecified atom stereocenters. The fourth-order valence-electron chi connectivity index (χ4n) is 1.40. The van der Waals surface area contributed by atoms with Gasteiger partial charge in [0.1, 0.15) is 5.54 Å². The summed E-state index contributed by atoms with van der Waals surface area (Å²) < 4.78 is 0.801. The molecule has 0 aliphatic rings. The second-order valence-electron chi connectivity index (χ2n) is 4.15. The molecule has 0 radical (unpaired) electrons. The molecule has 1 aromatic carbocycles. The van der Waals surface area contributed by atoms with Crippen molar-refractivity contribution in [1.82, 2.24) is 5.32 Å². The summed E-state index contributed by atoms with van der Waals surface area (Å²) in [5.41, 5.74) is 0.0189. The molecule has 0 atom stereocenters. The van der Waals surface area contributed by atoms with E-state index in [1.165, 1.54) is 0 Å². The number of aryl methyl sites for hydroxylation is 1. The van der Waals surface area contributed by atoms with Gasteiger partial charge in [0, 0.05) is 3.57 Å². The first-order valence-electron chi connectivity index (χ1n) is 5.40. The molecule has 0 aliphatic carbocycles. The Morgan fingerprint density at radius 3 is 2.33 bits per heavy atom. The number of nitrogens with one attached hydrogen (secondary N) is 1. The van der Waals surface area contributed by atoms with Gasteiger partial charge in [0.15, 0.2) is 0 Å².